The molecule has 2 atom stereocenters. The highest BCUT2D eigenvalue weighted by Gasteiger charge is 2.28. The molecule has 3 N–H and O–H groups in total. The standard InChI is InChI=1S/C27H28N2O5S/c1-16(2)27(32)19-9-7-18(8-10-19)25-15-26(31)23-14-22(11-12-24(23)28-25)35(33,34)29-21-6-4-5-20(13-21)17(3)30/h4-14,16,25-26,28-29,31H,15H2,1-3H3. The number of nitrogens with one attached hydrogen (secondary N) is 2. The Bertz CT molecular complexity index is 1380. The van der Waals surface area contributed by atoms with Gasteiger partial charge in [-0.25, -0.2) is 8.42 Å². The van der Waals surface area contributed by atoms with Gasteiger partial charge in [-0.3, -0.25) is 14.3 Å². The second-order valence-corrected chi connectivity index (χ2v) is 10.8. The van der Waals surface area contributed by atoms with Gasteiger partial charge in [0.25, 0.3) is 10.0 Å². The van der Waals surface area contributed by atoms with Crippen molar-refractivity contribution < 1.29 is 23.1 Å². The average Bonchev–Trinajstić information content (AvgIpc) is 2.83. The third-order valence-corrected chi connectivity index (χ3v) is 7.50. The number of aliphatic hydroxyl groups is 1. The molecule has 3 aromatic carbocycles. The summed E-state index contributed by atoms with van der Waals surface area (Å²) in [6.45, 7) is 5.14. The molecule has 0 radical (unpaired) electrons. The molecule has 182 valence electrons. The summed E-state index contributed by atoms with van der Waals surface area (Å²) in [6, 6.07) is 18.0. The number of benzene rings is 3. The lowest BCUT2D eigenvalue weighted by Gasteiger charge is -2.31. The first-order valence-electron chi connectivity index (χ1n) is 11.4. The van der Waals surface area contributed by atoms with E-state index in [2.05, 4.69) is 10.0 Å². The van der Waals surface area contributed by atoms with Gasteiger partial charge in [0.15, 0.2) is 11.6 Å². The number of rotatable bonds is 7. The molecule has 0 saturated carbocycles. The monoisotopic (exact) mass is 492 g/mol. The van der Waals surface area contributed by atoms with Gasteiger partial charge in [0.1, 0.15) is 0 Å². The minimum absolute atomic E-state index is 0.0142. The first-order chi connectivity index (χ1) is 16.5. The van der Waals surface area contributed by atoms with Crippen LogP contribution < -0.4 is 10.0 Å². The van der Waals surface area contributed by atoms with Crippen molar-refractivity contribution in [2.45, 2.75) is 44.2 Å². The van der Waals surface area contributed by atoms with Gasteiger partial charge in [-0.05, 0) is 42.8 Å². The zero-order chi connectivity index (χ0) is 25.3. The Hall–Kier alpha value is -3.49. The van der Waals surface area contributed by atoms with Gasteiger partial charge in [-0.2, -0.15) is 0 Å². The van der Waals surface area contributed by atoms with Gasteiger partial charge in [0.2, 0.25) is 0 Å². The lowest BCUT2D eigenvalue weighted by Crippen LogP contribution is -2.22. The maximum absolute atomic E-state index is 13.0. The molecule has 1 aliphatic heterocycles. The van der Waals surface area contributed by atoms with Crippen molar-refractivity contribution in [2.75, 3.05) is 10.0 Å². The quantitative estimate of drug-likeness (QED) is 0.395. The second-order valence-electron chi connectivity index (χ2n) is 9.08. The van der Waals surface area contributed by atoms with Crippen molar-refractivity contribution in [3.63, 3.8) is 0 Å². The van der Waals surface area contributed by atoms with E-state index in [4.69, 9.17) is 0 Å². The second kappa shape index (κ2) is 9.64. The van der Waals surface area contributed by atoms with E-state index in [9.17, 15) is 23.1 Å². The molecule has 0 amide bonds. The normalized spacial score (nSPS) is 17.4. The number of anilines is 2. The van der Waals surface area contributed by atoms with E-state index >= 15 is 0 Å². The van der Waals surface area contributed by atoms with Crippen LogP contribution in [-0.4, -0.2) is 25.1 Å². The highest BCUT2D eigenvalue weighted by atomic mass is 32.2. The number of carbonyl (C=O) groups excluding carboxylic acids is 2. The maximum Gasteiger partial charge on any atom is 0.261 e. The lowest BCUT2D eigenvalue weighted by molar-refractivity contribution is 0.0938. The number of sulfonamides is 1. The Morgan fingerprint density at radius 1 is 1.00 bits per heavy atom. The van der Waals surface area contributed by atoms with Crippen LogP contribution in [0.3, 0.4) is 0 Å². The minimum Gasteiger partial charge on any atom is -0.388 e. The van der Waals surface area contributed by atoms with Gasteiger partial charge in [-0.15, -0.1) is 0 Å². The summed E-state index contributed by atoms with van der Waals surface area (Å²) < 4.78 is 28.4. The smallest absolute Gasteiger partial charge is 0.261 e. The number of aliphatic hydroxyl groups excluding tert-OH is 1. The fraction of sp³-hybridized carbons (Fsp3) is 0.259. The van der Waals surface area contributed by atoms with Crippen LogP contribution in [0.4, 0.5) is 11.4 Å². The maximum atomic E-state index is 13.0. The van der Waals surface area contributed by atoms with Crippen molar-refractivity contribution in [1.29, 1.82) is 0 Å². The molecular weight excluding hydrogens is 464 g/mol. The Kier molecular flexibility index (Phi) is 6.78. The SMILES string of the molecule is CC(=O)c1cccc(NS(=O)(=O)c2ccc3c(c2)C(O)CC(c2ccc(C(=O)C(C)C)cc2)N3)c1. The number of carbonyl (C=O) groups is 2. The molecule has 0 aliphatic carbocycles. The highest BCUT2D eigenvalue weighted by molar-refractivity contribution is 7.92. The van der Waals surface area contributed by atoms with Gasteiger partial charge in [-0.1, -0.05) is 50.2 Å². The van der Waals surface area contributed by atoms with Crippen LogP contribution in [0.2, 0.25) is 0 Å². The summed E-state index contributed by atoms with van der Waals surface area (Å²) >= 11 is 0. The summed E-state index contributed by atoms with van der Waals surface area (Å²) in [5, 5.41) is 14.2. The van der Waals surface area contributed by atoms with Gasteiger partial charge in [0.05, 0.1) is 17.0 Å². The Balaban J connectivity index is 1.55. The van der Waals surface area contributed by atoms with E-state index in [1.165, 1.54) is 25.1 Å². The Labute approximate surface area is 205 Å². The minimum atomic E-state index is -3.93. The molecular formula is C27H28N2O5S. The molecule has 1 aliphatic rings. The topological polar surface area (TPSA) is 113 Å². The van der Waals surface area contributed by atoms with E-state index < -0.39 is 16.1 Å². The number of Topliss-reactive ketones (excluding diaryl/α,β-unsaturated/α-hetero) is 2. The summed E-state index contributed by atoms with van der Waals surface area (Å²) in [5.74, 6) is -0.168. The predicted octanol–water partition coefficient (Wildman–Crippen LogP) is 5.12. The van der Waals surface area contributed by atoms with Crippen LogP contribution in [0.1, 0.15) is 71.2 Å². The van der Waals surface area contributed by atoms with Crippen LogP contribution >= 0.6 is 0 Å². The summed E-state index contributed by atoms with van der Waals surface area (Å²) in [7, 11) is -3.93. The third-order valence-electron chi connectivity index (χ3n) is 6.12. The number of hydrogen-bond acceptors (Lipinski definition) is 6. The van der Waals surface area contributed by atoms with E-state index in [1.54, 1.807) is 36.4 Å². The molecule has 4 rings (SSSR count). The number of hydrogen-bond donors (Lipinski definition) is 3. The Morgan fingerprint density at radius 2 is 1.71 bits per heavy atom. The van der Waals surface area contributed by atoms with Crippen molar-refractivity contribution in [2.24, 2.45) is 5.92 Å². The van der Waals surface area contributed by atoms with E-state index in [1.807, 2.05) is 26.0 Å². The molecule has 35 heavy (non-hydrogen) atoms. The molecule has 1 heterocycles. The predicted molar refractivity (Wildman–Crippen MR) is 135 cm³/mol. The first-order valence-corrected chi connectivity index (χ1v) is 12.9. The van der Waals surface area contributed by atoms with Crippen molar-refractivity contribution in [1.82, 2.24) is 0 Å². The van der Waals surface area contributed by atoms with E-state index in [0.717, 1.165) is 5.56 Å². The molecule has 8 heteroatoms. The van der Waals surface area contributed by atoms with Crippen LogP contribution in [0, 0.1) is 5.92 Å². The first kappa shape index (κ1) is 24.6. The zero-order valence-corrected chi connectivity index (χ0v) is 20.6. The molecule has 0 fully saturated rings. The summed E-state index contributed by atoms with van der Waals surface area (Å²) in [5.41, 5.74) is 3.41. The average molecular weight is 493 g/mol. The summed E-state index contributed by atoms with van der Waals surface area (Å²) in [6.07, 6.45) is -0.522. The highest BCUT2D eigenvalue weighted by Crippen LogP contribution is 2.40. The number of fused-ring (bicyclic) bond motifs is 1. The van der Waals surface area contributed by atoms with Crippen LogP contribution in [-0.2, 0) is 10.0 Å². The Morgan fingerprint density at radius 3 is 2.37 bits per heavy atom. The zero-order valence-electron chi connectivity index (χ0n) is 19.8. The lowest BCUT2D eigenvalue weighted by atomic mass is 9.90. The van der Waals surface area contributed by atoms with Gasteiger partial charge in [0, 0.05) is 40.4 Å². The molecule has 0 aromatic heterocycles. The van der Waals surface area contributed by atoms with E-state index in [0.29, 0.717) is 28.8 Å². The van der Waals surface area contributed by atoms with Crippen molar-refractivity contribution in [3.8, 4) is 0 Å². The van der Waals surface area contributed by atoms with E-state index in [-0.39, 0.29) is 34.1 Å². The fourth-order valence-electron chi connectivity index (χ4n) is 4.16. The van der Waals surface area contributed by atoms with Gasteiger partial charge < -0.3 is 10.4 Å². The summed E-state index contributed by atoms with van der Waals surface area (Å²) in [4.78, 5) is 23.8. The van der Waals surface area contributed by atoms with Crippen LogP contribution in [0.25, 0.3) is 0 Å². The molecule has 7 nitrogen and oxygen atoms in total. The van der Waals surface area contributed by atoms with Crippen LogP contribution in [0.15, 0.2) is 71.6 Å². The molecule has 0 spiro atoms. The van der Waals surface area contributed by atoms with Crippen molar-refractivity contribution >= 4 is 33.0 Å². The third kappa shape index (κ3) is 5.28. The fourth-order valence-corrected chi connectivity index (χ4v) is 5.24. The van der Waals surface area contributed by atoms with Gasteiger partial charge >= 0.3 is 0 Å². The molecule has 0 bridgehead atoms. The van der Waals surface area contributed by atoms with Crippen molar-refractivity contribution in [3.05, 3.63) is 89.0 Å². The molecule has 0 saturated heterocycles. The molecule has 3 aromatic rings. The largest absolute Gasteiger partial charge is 0.388 e. The van der Waals surface area contributed by atoms with Crippen LogP contribution in [0.5, 0.6) is 0 Å². The molecule has 2 unspecified atom stereocenters. The number of ketones is 2.